The molecular weight excluding hydrogens is 266 g/mol. The predicted octanol–water partition coefficient (Wildman–Crippen LogP) is -0.346. The Bertz CT molecular complexity index is 568. The summed E-state index contributed by atoms with van der Waals surface area (Å²) in [6.45, 7) is 2.57. The van der Waals surface area contributed by atoms with Gasteiger partial charge in [-0.15, -0.1) is 0 Å². The number of carbonyl (C=O) groups excluding carboxylic acids is 1. The van der Waals surface area contributed by atoms with Gasteiger partial charge in [-0.3, -0.25) is 4.79 Å². The van der Waals surface area contributed by atoms with E-state index in [4.69, 9.17) is 5.73 Å². The number of hydrogen-bond donors (Lipinski definition) is 2. The lowest BCUT2D eigenvalue weighted by atomic mass is 10.2. The molecule has 0 saturated carbocycles. The van der Waals surface area contributed by atoms with Crippen molar-refractivity contribution in [3.8, 4) is 0 Å². The molecule has 1 unspecified atom stereocenters. The summed E-state index contributed by atoms with van der Waals surface area (Å²) in [5.41, 5.74) is 6.34. The van der Waals surface area contributed by atoms with E-state index in [1.807, 2.05) is 0 Å². The minimum atomic E-state index is -3.64. The standard InChI is InChI=1S/C12H17N3O3S/c1-9-12(16)14-6-7-15(9)19(17,18)11-4-2-10(8-13)3-5-11/h2-5,9H,6-8,13H2,1H3,(H,14,16). The Hall–Kier alpha value is -1.44. The fourth-order valence-corrected chi connectivity index (χ4v) is 3.62. The topological polar surface area (TPSA) is 92.5 Å². The van der Waals surface area contributed by atoms with Crippen molar-refractivity contribution < 1.29 is 13.2 Å². The van der Waals surface area contributed by atoms with E-state index < -0.39 is 16.1 Å². The normalized spacial score (nSPS) is 21.2. The van der Waals surface area contributed by atoms with Crippen LogP contribution in [-0.4, -0.2) is 37.8 Å². The van der Waals surface area contributed by atoms with E-state index >= 15 is 0 Å². The molecule has 0 spiro atoms. The molecule has 0 bridgehead atoms. The van der Waals surface area contributed by atoms with Gasteiger partial charge in [0.15, 0.2) is 0 Å². The zero-order valence-corrected chi connectivity index (χ0v) is 11.5. The Kier molecular flexibility index (Phi) is 3.88. The molecule has 2 rings (SSSR count). The van der Waals surface area contributed by atoms with Gasteiger partial charge in [0, 0.05) is 19.6 Å². The van der Waals surface area contributed by atoms with Crippen molar-refractivity contribution >= 4 is 15.9 Å². The van der Waals surface area contributed by atoms with Crippen LogP contribution in [0.1, 0.15) is 12.5 Å². The van der Waals surface area contributed by atoms with Crippen LogP contribution in [-0.2, 0) is 21.4 Å². The third-order valence-corrected chi connectivity index (χ3v) is 5.19. The van der Waals surface area contributed by atoms with Crippen LogP contribution < -0.4 is 11.1 Å². The number of amides is 1. The van der Waals surface area contributed by atoms with Crippen molar-refractivity contribution in [2.75, 3.05) is 13.1 Å². The van der Waals surface area contributed by atoms with Crippen LogP contribution in [0.25, 0.3) is 0 Å². The lowest BCUT2D eigenvalue weighted by molar-refractivity contribution is -0.126. The maximum atomic E-state index is 12.5. The Morgan fingerprint density at radius 2 is 2.00 bits per heavy atom. The molecule has 6 nitrogen and oxygen atoms in total. The van der Waals surface area contributed by atoms with Gasteiger partial charge >= 0.3 is 0 Å². The smallest absolute Gasteiger partial charge is 0.243 e. The summed E-state index contributed by atoms with van der Waals surface area (Å²) < 4.78 is 26.1. The predicted molar refractivity (Wildman–Crippen MR) is 70.7 cm³/mol. The van der Waals surface area contributed by atoms with Crippen molar-refractivity contribution in [3.63, 3.8) is 0 Å². The zero-order valence-electron chi connectivity index (χ0n) is 10.7. The number of benzene rings is 1. The Balaban J connectivity index is 2.32. The maximum Gasteiger partial charge on any atom is 0.243 e. The van der Waals surface area contributed by atoms with Crippen molar-refractivity contribution in [2.45, 2.75) is 24.4 Å². The minimum Gasteiger partial charge on any atom is -0.353 e. The van der Waals surface area contributed by atoms with Gasteiger partial charge in [-0.25, -0.2) is 8.42 Å². The van der Waals surface area contributed by atoms with Gasteiger partial charge in [0.2, 0.25) is 15.9 Å². The molecular formula is C12H17N3O3S. The monoisotopic (exact) mass is 283 g/mol. The van der Waals surface area contributed by atoms with Crippen molar-refractivity contribution in [1.82, 2.24) is 9.62 Å². The quantitative estimate of drug-likeness (QED) is 0.793. The number of sulfonamides is 1. The highest BCUT2D eigenvalue weighted by Gasteiger charge is 2.35. The molecule has 1 aliphatic rings. The summed E-state index contributed by atoms with van der Waals surface area (Å²) in [4.78, 5) is 11.7. The molecule has 0 aliphatic carbocycles. The zero-order chi connectivity index (χ0) is 14.0. The molecule has 3 N–H and O–H groups in total. The van der Waals surface area contributed by atoms with E-state index in [1.54, 1.807) is 19.1 Å². The summed E-state index contributed by atoms with van der Waals surface area (Å²) in [5.74, 6) is -0.270. The molecule has 1 saturated heterocycles. The molecule has 1 fully saturated rings. The molecule has 104 valence electrons. The molecule has 1 atom stereocenters. The summed E-state index contributed by atoms with van der Waals surface area (Å²) in [7, 11) is -3.64. The van der Waals surface area contributed by atoms with Gasteiger partial charge in [-0.05, 0) is 24.6 Å². The summed E-state index contributed by atoms with van der Waals surface area (Å²) >= 11 is 0. The third kappa shape index (κ3) is 2.63. The highest BCUT2D eigenvalue weighted by Crippen LogP contribution is 2.20. The van der Waals surface area contributed by atoms with E-state index in [0.29, 0.717) is 13.1 Å². The minimum absolute atomic E-state index is 0.186. The number of rotatable bonds is 3. The second-order valence-corrected chi connectivity index (χ2v) is 6.32. The van der Waals surface area contributed by atoms with Gasteiger partial charge in [0.25, 0.3) is 0 Å². The first-order valence-electron chi connectivity index (χ1n) is 6.05. The van der Waals surface area contributed by atoms with E-state index in [-0.39, 0.29) is 17.3 Å². The molecule has 7 heteroatoms. The first kappa shape index (κ1) is 14.0. The number of hydrogen-bond acceptors (Lipinski definition) is 4. The first-order chi connectivity index (χ1) is 8.96. The van der Waals surface area contributed by atoms with Crippen LogP contribution in [0.5, 0.6) is 0 Å². The number of nitrogens with two attached hydrogens (primary N) is 1. The van der Waals surface area contributed by atoms with Crippen molar-refractivity contribution in [3.05, 3.63) is 29.8 Å². The second kappa shape index (κ2) is 5.28. The number of piperazine rings is 1. The Morgan fingerprint density at radius 3 is 2.58 bits per heavy atom. The number of carbonyl (C=O) groups is 1. The Morgan fingerprint density at radius 1 is 1.37 bits per heavy atom. The number of nitrogens with one attached hydrogen (secondary N) is 1. The summed E-state index contributed by atoms with van der Waals surface area (Å²) in [6.07, 6.45) is 0. The van der Waals surface area contributed by atoms with Crippen LogP contribution in [0.3, 0.4) is 0 Å². The molecule has 1 aromatic rings. The van der Waals surface area contributed by atoms with E-state index in [9.17, 15) is 13.2 Å². The second-order valence-electron chi connectivity index (χ2n) is 4.43. The van der Waals surface area contributed by atoms with Crippen LogP contribution >= 0.6 is 0 Å². The average Bonchev–Trinajstić information content (AvgIpc) is 2.41. The fourth-order valence-electron chi connectivity index (χ4n) is 2.02. The van der Waals surface area contributed by atoms with E-state index in [2.05, 4.69) is 5.32 Å². The van der Waals surface area contributed by atoms with Crippen LogP contribution in [0, 0.1) is 0 Å². The van der Waals surface area contributed by atoms with Crippen molar-refractivity contribution in [2.24, 2.45) is 5.73 Å². The van der Waals surface area contributed by atoms with Crippen LogP contribution in [0.2, 0.25) is 0 Å². The molecule has 1 aliphatic heterocycles. The average molecular weight is 283 g/mol. The van der Waals surface area contributed by atoms with Crippen molar-refractivity contribution in [1.29, 1.82) is 0 Å². The Labute approximate surface area is 112 Å². The lowest BCUT2D eigenvalue weighted by Crippen LogP contribution is -2.55. The third-order valence-electron chi connectivity index (χ3n) is 3.21. The molecule has 1 heterocycles. The fraction of sp³-hybridized carbons (Fsp3) is 0.417. The highest BCUT2D eigenvalue weighted by atomic mass is 32.2. The van der Waals surface area contributed by atoms with Gasteiger partial charge < -0.3 is 11.1 Å². The molecule has 19 heavy (non-hydrogen) atoms. The van der Waals surface area contributed by atoms with Gasteiger partial charge in [0.1, 0.15) is 6.04 Å². The summed E-state index contributed by atoms with van der Waals surface area (Å²) in [5, 5.41) is 2.64. The first-order valence-corrected chi connectivity index (χ1v) is 7.49. The number of nitrogens with zero attached hydrogens (tertiary/aromatic N) is 1. The van der Waals surface area contributed by atoms with Gasteiger partial charge in [-0.1, -0.05) is 12.1 Å². The van der Waals surface area contributed by atoms with E-state index in [0.717, 1.165) is 5.56 Å². The lowest BCUT2D eigenvalue weighted by Gasteiger charge is -2.31. The van der Waals surface area contributed by atoms with Gasteiger partial charge in [-0.2, -0.15) is 4.31 Å². The van der Waals surface area contributed by atoms with Crippen LogP contribution in [0.4, 0.5) is 0 Å². The van der Waals surface area contributed by atoms with Gasteiger partial charge in [0.05, 0.1) is 4.90 Å². The summed E-state index contributed by atoms with van der Waals surface area (Å²) in [6, 6.07) is 5.73. The van der Waals surface area contributed by atoms with E-state index in [1.165, 1.54) is 16.4 Å². The molecule has 1 amide bonds. The largest absolute Gasteiger partial charge is 0.353 e. The van der Waals surface area contributed by atoms with Crippen LogP contribution in [0.15, 0.2) is 29.2 Å². The molecule has 0 radical (unpaired) electrons. The molecule has 1 aromatic carbocycles. The maximum absolute atomic E-state index is 12.5. The highest BCUT2D eigenvalue weighted by molar-refractivity contribution is 7.89. The molecule has 0 aromatic heterocycles. The SMILES string of the molecule is CC1C(=O)NCCN1S(=O)(=O)c1ccc(CN)cc1.